The largest absolute Gasteiger partial charge is 0.207 e. The molecular formula is C24H24F2. The van der Waals surface area contributed by atoms with Crippen LogP contribution in [0.15, 0.2) is 66.7 Å². The van der Waals surface area contributed by atoms with Gasteiger partial charge in [0.1, 0.15) is 11.6 Å². The van der Waals surface area contributed by atoms with E-state index in [9.17, 15) is 8.78 Å². The highest BCUT2D eigenvalue weighted by molar-refractivity contribution is 5.64. The minimum Gasteiger partial charge on any atom is -0.207 e. The molecule has 0 amide bonds. The van der Waals surface area contributed by atoms with Crippen LogP contribution in [0.3, 0.4) is 0 Å². The third-order valence-electron chi connectivity index (χ3n) is 4.73. The molecule has 3 aromatic rings. The molecule has 0 saturated heterocycles. The second-order valence-corrected chi connectivity index (χ2v) is 6.74. The smallest absolute Gasteiger partial charge is 0.131 e. The fourth-order valence-corrected chi connectivity index (χ4v) is 3.12. The predicted octanol–water partition coefficient (Wildman–Crippen LogP) is 6.76. The fourth-order valence-electron chi connectivity index (χ4n) is 3.12. The summed E-state index contributed by atoms with van der Waals surface area (Å²) in [5.74, 6) is -0.362. The van der Waals surface area contributed by atoms with Gasteiger partial charge >= 0.3 is 0 Å². The van der Waals surface area contributed by atoms with Crippen LogP contribution in [0.4, 0.5) is 8.78 Å². The number of hydrogen-bond acceptors (Lipinski definition) is 0. The number of benzene rings is 3. The molecule has 0 radical (unpaired) electrons. The molecule has 0 aliphatic heterocycles. The van der Waals surface area contributed by atoms with Crippen molar-refractivity contribution in [3.8, 4) is 11.1 Å². The molecule has 0 aromatic heterocycles. The van der Waals surface area contributed by atoms with Crippen LogP contribution >= 0.6 is 0 Å². The Morgan fingerprint density at radius 2 is 1.23 bits per heavy atom. The lowest BCUT2D eigenvalue weighted by molar-refractivity contribution is 0.626. The molecule has 0 fully saturated rings. The topological polar surface area (TPSA) is 0 Å². The summed E-state index contributed by atoms with van der Waals surface area (Å²) in [4.78, 5) is 0. The number of unbranched alkanes of at least 4 members (excludes halogenated alkanes) is 1. The quantitative estimate of drug-likeness (QED) is 0.441. The summed E-state index contributed by atoms with van der Waals surface area (Å²) in [5.41, 5.74) is 4.91. The second-order valence-electron chi connectivity index (χ2n) is 6.74. The molecule has 0 N–H and O–H groups in total. The number of rotatable bonds is 7. The van der Waals surface area contributed by atoms with E-state index in [1.54, 1.807) is 6.07 Å². The Kier molecular flexibility index (Phi) is 6.17. The van der Waals surface area contributed by atoms with Crippen molar-refractivity contribution in [3.05, 3.63) is 95.1 Å². The van der Waals surface area contributed by atoms with Gasteiger partial charge in [-0.15, -0.1) is 0 Å². The van der Waals surface area contributed by atoms with Gasteiger partial charge in [0, 0.05) is 5.56 Å². The normalized spacial score (nSPS) is 10.9. The molecule has 0 heterocycles. The summed E-state index contributed by atoms with van der Waals surface area (Å²) < 4.78 is 27.4. The first kappa shape index (κ1) is 18.3. The molecule has 0 aliphatic rings. The summed E-state index contributed by atoms with van der Waals surface area (Å²) in [6.07, 6.45) is 4.87. The van der Waals surface area contributed by atoms with Crippen molar-refractivity contribution in [3.63, 3.8) is 0 Å². The molecule has 0 nitrogen and oxygen atoms in total. The first-order valence-corrected chi connectivity index (χ1v) is 9.28. The number of hydrogen-bond donors (Lipinski definition) is 0. The zero-order valence-electron chi connectivity index (χ0n) is 15.1. The van der Waals surface area contributed by atoms with Crippen molar-refractivity contribution in [1.82, 2.24) is 0 Å². The first-order valence-electron chi connectivity index (χ1n) is 9.28. The second kappa shape index (κ2) is 8.75. The molecular weight excluding hydrogens is 326 g/mol. The third-order valence-corrected chi connectivity index (χ3v) is 4.73. The zero-order valence-corrected chi connectivity index (χ0v) is 15.1. The molecule has 3 aromatic carbocycles. The molecule has 0 saturated carbocycles. The van der Waals surface area contributed by atoms with Gasteiger partial charge in [0.05, 0.1) is 0 Å². The van der Waals surface area contributed by atoms with Crippen molar-refractivity contribution in [1.29, 1.82) is 0 Å². The summed E-state index contributed by atoms with van der Waals surface area (Å²) >= 11 is 0. The lowest BCUT2D eigenvalue weighted by Gasteiger charge is -2.08. The van der Waals surface area contributed by atoms with Gasteiger partial charge in [-0.25, -0.2) is 8.78 Å². The monoisotopic (exact) mass is 350 g/mol. The zero-order chi connectivity index (χ0) is 18.4. The van der Waals surface area contributed by atoms with E-state index in [0.717, 1.165) is 48.8 Å². The highest BCUT2D eigenvalue weighted by Crippen LogP contribution is 2.25. The van der Waals surface area contributed by atoms with E-state index in [1.165, 1.54) is 17.7 Å². The summed E-state index contributed by atoms with van der Waals surface area (Å²) in [6, 6.07) is 20.2. The fraction of sp³-hybridized carbons (Fsp3) is 0.250. The van der Waals surface area contributed by atoms with E-state index in [0.29, 0.717) is 5.56 Å². The lowest BCUT2D eigenvalue weighted by atomic mass is 9.98. The SMILES string of the molecule is CCCCc1ccc(-c2ccc(CCc3ccc(F)cc3)cc2)c(F)c1. The first-order chi connectivity index (χ1) is 12.7. The van der Waals surface area contributed by atoms with Crippen molar-refractivity contribution in [2.45, 2.75) is 39.0 Å². The van der Waals surface area contributed by atoms with Crippen molar-refractivity contribution in [2.24, 2.45) is 0 Å². The van der Waals surface area contributed by atoms with Crippen LogP contribution in [0.2, 0.25) is 0 Å². The van der Waals surface area contributed by atoms with Gasteiger partial charge in [-0.1, -0.05) is 61.9 Å². The highest BCUT2D eigenvalue weighted by atomic mass is 19.1. The van der Waals surface area contributed by atoms with E-state index in [-0.39, 0.29) is 11.6 Å². The van der Waals surface area contributed by atoms with Crippen LogP contribution < -0.4 is 0 Å². The summed E-state index contributed by atoms with van der Waals surface area (Å²) in [6.45, 7) is 2.14. The summed E-state index contributed by atoms with van der Waals surface area (Å²) in [7, 11) is 0. The van der Waals surface area contributed by atoms with Gasteiger partial charge in [-0.2, -0.15) is 0 Å². The van der Waals surface area contributed by atoms with Crippen LogP contribution in [0.5, 0.6) is 0 Å². The van der Waals surface area contributed by atoms with E-state index in [1.807, 2.05) is 48.5 Å². The molecule has 0 atom stereocenters. The maximum Gasteiger partial charge on any atom is 0.131 e. The third kappa shape index (κ3) is 4.78. The minimum absolute atomic E-state index is 0.155. The Morgan fingerprint density at radius 1 is 0.654 bits per heavy atom. The molecule has 0 aliphatic carbocycles. The van der Waals surface area contributed by atoms with Crippen molar-refractivity contribution in [2.75, 3.05) is 0 Å². The van der Waals surface area contributed by atoms with Crippen molar-refractivity contribution >= 4 is 0 Å². The van der Waals surface area contributed by atoms with E-state index < -0.39 is 0 Å². The van der Waals surface area contributed by atoms with Crippen LogP contribution in [0, 0.1) is 11.6 Å². The maximum absolute atomic E-state index is 14.4. The number of aryl methyl sites for hydroxylation is 3. The average molecular weight is 350 g/mol. The van der Waals surface area contributed by atoms with E-state index in [4.69, 9.17) is 0 Å². The van der Waals surface area contributed by atoms with Crippen LogP contribution in [0.25, 0.3) is 11.1 Å². The standard InChI is InChI=1S/C24H24F2/c1-2-3-4-20-11-16-23(24(26)17-20)21-12-7-18(8-13-21)5-6-19-9-14-22(25)15-10-19/h7-17H,2-6H2,1H3. The van der Waals surface area contributed by atoms with Crippen LogP contribution in [0.1, 0.15) is 36.5 Å². The lowest BCUT2D eigenvalue weighted by Crippen LogP contribution is -1.93. The van der Waals surface area contributed by atoms with Gasteiger partial charge in [-0.3, -0.25) is 0 Å². The van der Waals surface area contributed by atoms with Gasteiger partial charge in [0.15, 0.2) is 0 Å². The van der Waals surface area contributed by atoms with E-state index >= 15 is 0 Å². The van der Waals surface area contributed by atoms with Crippen LogP contribution in [-0.2, 0) is 19.3 Å². The van der Waals surface area contributed by atoms with Gasteiger partial charge in [0.25, 0.3) is 0 Å². The van der Waals surface area contributed by atoms with Crippen LogP contribution in [-0.4, -0.2) is 0 Å². The maximum atomic E-state index is 14.4. The predicted molar refractivity (Wildman–Crippen MR) is 104 cm³/mol. The van der Waals surface area contributed by atoms with Gasteiger partial charge in [0.2, 0.25) is 0 Å². The Labute approximate surface area is 154 Å². The molecule has 3 rings (SSSR count). The highest BCUT2D eigenvalue weighted by Gasteiger charge is 2.07. The minimum atomic E-state index is -0.208. The Hall–Kier alpha value is -2.48. The molecule has 0 spiro atoms. The van der Waals surface area contributed by atoms with Gasteiger partial charge < -0.3 is 0 Å². The molecule has 134 valence electrons. The Bertz CT molecular complexity index is 833. The Balaban J connectivity index is 1.66. The Morgan fingerprint density at radius 3 is 1.81 bits per heavy atom. The van der Waals surface area contributed by atoms with Gasteiger partial charge in [-0.05, 0) is 66.1 Å². The average Bonchev–Trinajstić information content (AvgIpc) is 2.66. The number of halogens is 2. The van der Waals surface area contributed by atoms with Crippen molar-refractivity contribution < 1.29 is 8.78 Å². The molecule has 26 heavy (non-hydrogen) atoms. The summed E-state index contributed by atoms with van der Waals surface area (Å²) in [5, 5.41) is 0. The molecule has 0 unspecified atom stereocenters. The molecule has 2 heteroatoms. The molecule has 0 bridgehead atoms. The van der Waals surface area contributed by atoms with E-state index in [2.05, 4.69) is 6.92 Å².